The molecule has 0 amide bonds. The van der Waals surface area contributed by atoms with Gasteiger partial charge in [-0.3, -0.25) is 9.59 Å². The summed E-state index contributed by atoms with van der Waals surface area (Å²) in [4.78, 5) is 26.5. The SMILES string of the molecule is C=C(C)[C@@H]1CC[C@]2(C(C)=O)CC[C@]3(C)C(CC[C@@H]4[C@@]5(C)CC=C(OS(=O)(=O)C(F)(F)F)C(C)(C)[C@@H]5CC[C@]43C)[C@@H]12.C=C(C)[C@@H]1CC[C@]2(C(C)=O)CC[C@]3(C)C(CC[C@@H]4[C@@]5(C)CC=C([CH2-])C(C)(C)[C@@H]5CC[C@]43C)[C@@H]12.[CH2-]B(O)O.[Y].[Y]. The normalized spacial score (nSPS) is 45.7. The molecule has 14 heteroatoms. The molecular weight excluding hydrogens is 1170 g/mol. The van der Waals surface area contributed by atoms with E-state index in [9.17, 15) is 31.2 Å². The van der Waals surface area contributed by atoms with Gasteiger partial charge in [-0.1, -0.05) is 100.0 Å². The topological polar surface area (TPSA) is 118 Å². The summed E-state index contributed by atoms with van der Waals surface area (Å²) in [6.07, 6.45) is 23.5. The smallest absolute Gasteiger partial charge is 0.452 e. The number of fused-ring (bicyclic) bond motifs is 14. The molecule has 8 saturated carbocycles. The molecule has 10 aliphatic rings. The monoisotopic (exact) mass is 1270 g/mol. The Morgan fingerprint density at radius 3 is 1.30 bits per heavy atom. The van der Waals surface area contributed by atoms with E-state index in [1.165, 1.54) is 61.7 Å². The van der Waals surface area contributed by atoms with Gasteiger partial charge in [0.15, 0.2) is 0 Å². The van der Waals surface area contributed by atoms with E-state index in [0.717, 1.165) is 76.0 Å². The molecule has 0 aromatic heterocycles. The number of allylic oxidation sites excluding steroid dienone is 6. The van der Waals surface area contributed by atoms with E-state index in [-0.39, 0.29) is 110 Å². The van der Waals surface area contributed by atoms with Crippen molar-refractivity contribution in [3.8, 4) is 0 Å². The maximum absolute atomic E-state index is 13.3. The molecule has 0 aliphatic heterocycles. The number of Topliss-reactive ketones (excluding diaryl/α,β-unsaturated/α-hetero) is 2. The van der Waals surface area contributed by atoms with Crippen molar-refractivity contribution < 1.29 is 111 Å². The van der Waals surface area contributed by atoms with Crippen molar-refractivity contribution >= 4 is 28.8 Å². The summed E-state index contributed by atoms with van der Waals surface area (Å²) >= 11 is 0. The van der Waals surface area contributed by atoms with Crippen molar-refractivity contribution in [2.24, 2.45) is 113 Å². The minimum Gasteiger partial charge on any atom is -0.452 e. The molecule has 18 atom stereocenters. The molecule has 8 fully saturated rings. The maximum Gasteiger partial charge on any atom is 0.534 e. The zero-order chi connectivity index (χ0) is 57.7. The molecule has 0 saturated heterocycles. The number of ketones is 2. The second kappa shape index (κ2) is 22.2. The third kappa shape index (κ3) is 10.00. The zero-order valence-electron chi connectivity index (χ0n) is 51.2. The van der Waals surface area contributed by atoms with Gasteiger partial charge in [0, 0.05) is 81.7 Å². The van der Waals surface area contributed by atoms with Crippen molar-refractivity contribution in [3.63, 3.8) is 0 Å². The molecule has 0 heterocycles. The Morgan fingerprint density at radius 2 is 0.949 bits per heavy atom. The molecule has 79 heavy (non-hydrogen) atoms. The summed E-state index contributed by atoms with van der Waals surface area (Å²) in [6, 6.07) is 0. The quantitative estimate of drug-likeness (QED) is 0.0894. The zero-order valence-corrected chi connectivity index (χ0v) is 57.7. The van der Waals surface area contributed by atoms with Crippen LogP contribution in [0.5, 0.6) is 0 Å². The third-order valence-corrected chi connectivity index (χ3v) is 28.2. The summed E-state index contributed by atoms with van der Waals surface area (Å²) in [7, 11) is -7.14. The predicted octanol–water partition coefficient (Wildman–Crippen LogP) is 16.0. The molecule has 2 radical (unpaired) electrons. The molecule has 0 aromatic rings. The number of hydrogen-bond acceptors (Lipinski definition) is 7. The first kappa shape index (κ1) is 68.0. The van der Waals surface area contributed by atoms with Crippen molar-refractivity contribution in [2.45, 2.75) is 218 Å². The predicted molar refractivity (Wildman–Crippen MR) is 303 cm³/mol. The minimum atomic E-state index is -5.72. The second-order valence-corrected chi connectivity index (χ2v) is 31.9. The first-order valence-corrected chi connectivity index (χ1v) is 31.3. The fourth-order valence-electron chi connectivity index (χ4n) is 23.0. The second-order valence-electron chi connectivity index (χ2n) is 30.4. The fourth-order valence-corrected chi connectivity index (χ4v) is 23.7. The van der Waals surface area contributed by atoms with Gasteiger partial charge < -0.3 is 21.1 Å². The van der Waals surface area contributed by atoms with E-state index >= 15 is 0 Å². The van der Waals surface area contributed by atoms with E-state index in [1.54, 1.807) is 13.0 Å². The van der Waals surface area contributed by atoms with Crippen LogP contribution in [0.15, 0.2) is 47.8 Å². The Kier molecular flexibility index (Phi) is 19.2. The van der Waals surface area contributed by atoms with Crippen LogP contribution < -0.4 is 0 Å². The first-order chi connectivity index (χ1) is 35.2. The summed E-state index contributed by atoms with van der Waals surface area (Å²) in [5, 5.41) is 15.0. The molecule has 10 rings (SSSR count). The van der Waals surface area contributed by atoms with Gasteiger partial charge in [-0.15, -0.1) is 0 Å². The summed E-state index contributed by atoms with van der Waals surface area (Å²) < 4.78 is 68.3. The number of alkyl halides is 3. The molecule has 7 nitrogen and oxygen atoms in total. The van der Waals surface area contributed by atoms with Gasteiger partial charge in [0.1, 0.15) is 17.3 Å². The molecule has 10 aliphatic carbocycles. The Bertz CT molecular complexity index is 2580. The fraction of sp³-hybridized carbons (Fsp3) is 0.815. The minimum absolute atomic E-state index is 0. The van der Waals surface area contributed by atoms with Crippen molar-refractivity contribution in [3.05, 3.63) is 61.5 Å². The molecule has 440 valence electrons. The Balaban J connectivity index is 0.000000237. The average Bonchev–Trinajstić information content (AvgIpc) is 3.91. The standard InChI is InChI=1S/C32H47F3O4S.C32H49O.CH4BO2.2Y/c1-19(2)21-11-16-31(20(3)36)18-17-29(7)22(26(21)31)9-10-24-28(6)14-13-25(39-40(37,38)32(33,34)35)27(4,5)23(28)12-15-30(24,29)8;1-20(2)23-13-17-32(22(4)33)19-18-30(8)24(27(23)32)10-11-26-29(7)15-12-21(3)28(5,6)25(29)14-16-31(26,30)9;1-2(3)4;;/h13,21-24,26H,1,9-12,14-18H2,2-8H3;12,23-27H,1,3,10-11,13-19H2,2,4-9H3;3-4H,1H2;;/q;2*-1;;/t21-,22?,23-,24+,26+,28-,29+,30+,31+;23-,24?,25-,26+,27+,29-,30+,31+,32+;;;/m00.../s1. The van der Waals surface area contributed by atoms with Crippen LogP contribution in [0, 0.1) is 127 Å². The number of halogens is 3. The van der Waals surface area contributed by atoms with Crippen LogP contribution in [0.3, 0.4) is 0 Å². The molecule has 0 spiro atoms. The number of rotatable bonds is 6. The van der Waals surface area contributed by atoms with E-state index in [2.05, 4.69) is 102 Å². The van der Waals surface area contributed by atoms with Crippen molar-refractivity contribution in [1.29, 1.82) is 0 Å². The number of hydrogen-bond donors (Lipinski definition) is 2. The van der Waals surface area contributed by atoms with Crippen LogP contribution in [0.4, 0.5) is 13.2 Å². The molecular formula is C65H100BF3O7SY2-2. The van der Waals surface area contributed by atoms with Gasteiger partial charge >= 0.3 is 15.6 Å². The molecule has 2 N–H and O–H groups in total. The van der Waals surface area contributed by atoms with Gasteiger partial charge in [-0.05, 0) is 240 Å². The summed E-state index contributed by atoms with van der Waals surface area (Å²) in [5.41, 5.74) is -1.63. The average molecular weight is 1270 g/mol. The van der Waals surface area contributed by atoms with Crippen LogP contribution in [0.1, 0.15) is 213 Å². The van der Waals surface area contributed by atoms with Crippen LogP contribution >= 0.6 is 0 Å². The number of carbonyl (C=O) groups is 2. The van der Waals surface area contributed by atoms with Gasteiger partial charge in [0.25, 0.3) is 7.12 Å². The van der Waals surface area contributed by atoms with E-state index in [4.69, 9.17) is 14.2 Å². The Labute approximate surface area is 527 Å². The van der Waals surface area contributed by atoms with Crippen LogP contribution in [-0.2, 0) is 89.3 Å². The van der Waals surface area contributed by atoms with Crippen molar-refractivity contribution in [1.82, 2.24) is 0 Å². The number of carbonyl (C=O) groups excluding carboxylic acids is 2. The summed E-state index contributed by atoms with van der Waals surface area (Å²) in [5.74, 6) is 5.41. The van der Waals surface area contributed by atoms with Crippen molar-refractivity contribution in [2.75, 3.05) is 0 Å². The van der Waals surface area contributed by atoms with E-state index in [1.807, 2.05) is 20.8 Å². The van der Waals surface area contributed by atoms with E-state index in [0.29, 0.717) is 75.7 Å². The first-order valence-electron chi connectivity index (χ1n) is 29.9. The van der Waals surface area contributed by atoms with Gasteiger partial charge in [-0.2, -0.15) is 21.6 Å². The Hall–Kier alpha value is -0.0973. The Morgan fingerprint density at radius 1 is 0.582 bits per heavy atom. The molecule has 0 aromatic carbocycles. The summed E-state index contributed by atoms with van der Waals surface area (Å²) in [6.45, 7) is 47.9. The van der Waals surface area contributed by atoms with E-state index < -0.39 is 28.2 Å². The maximum atomic E-state index is 13.3. The van der Waals surface area contributed by atoms with Crippen LogP contribution in [-0.4, -0.2) is 42.7 Å². The third-order valence-electron chi connectivity index (χ3n) is 27.3. The molecule has 2 unspecified atom stereocenters. The van der Waals surface area contributed by atoms with Gasteiger partial charge in [-0.25, -0.2) is 18.6 Å². The van der Waals surface area contributed by atoms with Gasteiger partial charge in [0.2, 0.25) is 0 Å². The van der Waals surface area contributed by atoms with Crippen LogP contribution in [0.2, 0.25) is 0 Å². The van der Waals surface area contributed by atoms with Crippen LogP contribution in [0.25, 0.3) is 0 Å². The van der Waals surface area contributed by atoms with Gasteiger partial charge in [0.05, 0.1) is 0 Å². The largest absolute Gasteiger partial charge is 0.534 e. The molecule has 0 bridgehead atoms.